The molecule has 69 heavy (non-hydrogen) atoms. The lowest BCUT2D eigenvalue weighted by Gasteiger charge is -2.27. The monoisotopic (exact) mass is 880 g/mol. The maximum absolute atomic E-state index is 6.56. The van der Waals surface area contributed by atoms with Gasteiger partial charge in [0.15, 0.2) is 0 Å². The second kappa shape index (κ2) is 16.9. The van der Waals surface area contributed by atoms with Crippen LogP contribution in [-0.2, 0) is 0 Å². The van der Waals surface area contributed by atoms with Crippen molar-refractivity contribution >= 4 is 60.8 Å². The first kappa shape index (κ1) is 40.1. The molecule has 0 fully saturated rings. The number of para-hydroxylation sites is 4. The van der Waals surface area contributed by atoms with E-state index in [1.807, 2.05) is 12.1 Å². The highest BCUT2D eigenvalue weighted by atomic mass is 16.3. The highest BCUT2D eigenvalue weighted by Crippen LogP contribution is 2.44. The maximum Gasteiger partial charge on any atom is 0.143 e. The maximum atomic E-state index is 6.56. The molecule has 3 nitrogen and oxygen atoms in total. The van der Waals surface area contributed by atoms with E-state index >= 15 is 0 Å². The van der Waals surface area contributed by atoms with Crippen LogP contribution in [-0.4, -0.2) is 4.57 Å². The summed E-state index contributed by atoms with van der Waals surface area (Å²) in [7, 11) is 0. The lowest BCUT2D eigenvalue weighted by atomic mass is 9.87. The van der Waals surface area contributed by atoms with Gasteiger partial charge in [0, 0.05) is 49.9 Å². The third kappa shape index (κ3) is 6.99. The van der Waals surface area contributed by atoms with E-state index in [0.717, 1.165) is 61.4 Å². The molecule has 0 aliphatic rings. The molecule has 0 radical (unpaired) electrons. The average Bonchev–Trinajstić information content (AvgIpc) is 3.98. The first-order valence-corrected chi connectivity index (χ1v) is 23.6. The van der Waals surface area contributed by atoms with Gasteiger partial charge in [-0.3, -0.25) is 0 Å². The van der Waals surface area contributed by atoms with Crippen molar-refractivity contribution in [3.8, 4) is 61.3 Å². The fourth-order valence-corrected chi connectivity index (χ4v) is 10.5. The Hall–Kier alpha value is -9.18. The predicted molar refractivity (Wildman–Crippen MR) is 290 cm³/mol. The Bertz CT molecular complexity index is 3960. The Kier molecular flexibility index (Phi) is 9.84. The topological polar surface area (TPSA) is 21.3 Å². The lowest BCUT2D eigenvalue weighted by Crippen LogP contribution is -2.10. The summed E-state index contributed by atoms with van der Waals surface area (Å²) in [5.74, 6) is 0. The van der Waals surface area contributed by atoms with Crippen LogP contribution in [0.1, 0.15) is 0 Å². The molecule has 0 spiro atoms. The molecule has 0 unspecified atom stereocenters. The average molecular weight is 881 g/mol. The third-order valence-electron chi connectivity index (χ3n) is 13.6. The summed E-state index contributed by atoms with van der Waals surface area (Å²) in [4.78, 5) is 2.36. The molecule has 13 aromatic rings. The van der Waals surface area contributed by atoms with Gasteiger partial charge in [-0.15, -0.1) is 0 Å². The Morgan fingerprint density at radius 3 is 1.33 bits per heavy atom. The molecule has 0 saturated heterocycles. The summed E-state index contributed by atoms with van der Waals surface area (Å²) in [5.41, 5.74) is 20.1. The number of benzene rings is 11. The Morgan fingerprint density at radius 1 is 0.275 bits per heavy atom. The van der Waals surface area contributed by atoms with E-state index < -0.39 is 0 Å². The zero-order valence-corrected chi connectivity index (χ0v) is 37.7. The summed E-state index contributed by atoms with van der Waals surface area (Å²) in [6.45, 7) is 0. The molecule has 0 aliphatic heterocycles. The van der Waals surface area contributed by atoms with Crippen LogP contribution in [0.3, 0.4) is 0 Å². The molecule has 0 aliphatic carbocycles. The van der Waals surface area contributed by atoms with Crippen LogP contribution in [0.4, 0.5) is 17.1 Å². The number of hydrogen-bond acceptors (Lipinski definition) is 2. The minimum absolute atomic E-state index is 0.892. The van der Waals surface area contributed by atoms with Crippen molar-refractivity contribution < 1.29 is 4.42 Å². The highest BCUT2D eigenvalue weighted by Gasteiger charge is 2.20. The van der Waals surface area contributed by atoms with Crippen LogP contribution in [0.5, 0.6) is 0 Å². The second-order valence-electron chi connectivity index (χ2n) is 17.6. The molecule has 0 N–H and O–H groups in total. The number of nitrogens with zero attached hydrogens (tertiary/aromatic N) is 2. The molecule has 2 heterocycles. The van der Waals surface area contributed by atoms with E-state index in [9.17, 15) is 0 Å². The van der Waals surface area contributed by atoms with Crippen LogP contribution in [0.25, 0.3) is 105 Å². The number of anilines is 3. The minimum atomic E-state index is 0.892. The van der Waals surface area contributed by atoms with Crippen molar-refractivity contribution in [2.75, 3.05) is 4.90 Å². The quantitative estimate of drug-likeness (QED) is 0.144. The molecule has 324 valence electrons. The number of hydrogen-bond donors (Lipinski definition) is 0. The van der Waals surface area contributed by atoms with E-state index in [1.54, 1.807) is 0 Å². The number of rotatable bonds is 9. The van der Waals surface area contributed by atoms with Gasteiger partial charge < -0.3 is 13.9 Å². The summed E-state index contributed by atoms with van der Waals surface area (Å²) >= 11 is 0. The van der Waals surface area contributed by atoms with Crippen LogP contribution in [0.2, 0.25) is 0 Å². The zero-order chi connectivity index (χ0) is 45.7. The van der Waals surface area contributed by atoms with Gasteiger partial charge in [-0.2, -0.15) is 0 Å². The Morgan fingerprint density at radius 2 is 0.710 bits per heavy atom. The molecular formula is C66H44N2O. The Labute approximate surface area is 401 Å². The number of aromatic nitrogens is 1. The molecule has 0 bridgehead atoms. The molecule has 11 aromatic carbocycles. The van der Waals surface area contributed by atoms with Gasteiger partial charge in [0.05, 0.1) is 11.0 Å². The summed E-state index contributed by atoms with van der Waals surface area (Å²) in [6.07, 6.45) is 0. The predicted octanol–water partition coefficient (Wildman–Crippen LogP) is 18.5. The van der Waals surface area contributed by atoms with Gasteiger partial charge in [-0.25, -0.2) is 0 Å². The normalized spacial score (nSPS) is 11.5. The molecule has 2 aromatic heterocycles. The standard InChI is InChI=1S/C66H44N2O/c1-2-18-45(19-3-1)52-22-4-6-24-55(52)57-26-8-9-27-58(57)56-25-7-5-23-53(56)46-36-38-48(39-37-46)67(49-40-42-50(43-41-49)68-63-33-13-10-28-59(63)60-29-11-14-34-64(60)68)51-21-16-20-47(44-51)54-31-17-32-62-61-30-12-15-35-65(61)69-66(54)62/h1-44H. The lowest BCUT2D eigenvalue weighted by molar-refractivity contribution is 0.670. The Balaban J connectivity index is 0.927. The van der Waals surface area contributed by atoms with E-state index in [4.69, 9.17) is 4.42 Å². The van der Waals surface area contributed by atoms with E-state index in [1.165, 1.54) is 60.8 Å². The fourth-order valence-electron chi connectivity index (χ4n) is 10.5. The summed E-state index contributed by atoms with van der Waals surface area (Å²) < 4.78 is 8.93. The fraction of sp³-hybridized carbons (Fsp3) is 0. The molecule has 0 amide bonds. The van der Waals surface area contributed by atoms with Crippen molar-refractivity contribution in [2.24, 2.45) is 0 Å². The van der Waals surface area contributed by atoms with Crippen molar-refractivity contribution in [1.29, 1.82) is 0 Å². The van der Waals surface area contributed by atoms with Gasteiger partial charge in [0.1, 0.15) is 11.2 Å². The highest BCUT2D eigenvalue weighted by molar-refractivity contribution is 6.10. The number of fused-ring (bicyclic) bond motifs is 6. The van der Waals surface area contributed by atoms with Crippen LogP contribution in [0, 0.1) is 0 Å². The van der Waals surface area contributed by atoms with Gasteiger partial charge in [-0.05, 0) is 117 Å². The molecule has 0 saturated carbocycles. The largest absolute Gasteiger partial charge is 0.455 e. The number of furan rings is 1. The smallest absolute Gasteiger partial charge is 0.143 e. The van der Waals surface area contributed by atoms with Crippen molar-refractivity contribution in [2.45, 2.75) is 0 Å². The van der Waals surface area contributed by atoms with Gasteiger partial charge >= 0.3 is 0 Å². The van der Waals surface area contributed by atoms with E-state index in [-0.39, 0.29) is 0 Å². The summed E-state index contributed by atoms with van der Waals surface area (Å²) in [5, 5.41) is 4.73. The van der Waals surface area contributed by atoms with E-state index in [0.29, 0.717) is 0 Å². The molecule has 0 atom stereocenters. The van der Waals surface area contributed by atoms with Crippen molar-refractivity contribution in [3.63, 3.8) is 0 Å². The first-order valence-electron chi connectivity index (χ1n) is 23.6. The summed E-state index contributed by atoms with van der Waals surface area (Å²) in [6, 6.07) is 96.0. The molecule has 13 rings (SSSR count). The third-order valence-corrected chi connectivity index (χ3v) is 13.6. The van der Waals surface area contributed by atoms with E-state index in [2.05, 4.69) is 264 Å². The van der Waals surface area contributed by atoms with Crippen molar-refractivity contribution in [1.82, 2.24) is 4.57 Å². The van der Waals surface area contributed by atoms with Gasteiger partial charge in [0.25, 0.3) is 0 Å². The molecular weight excluding hydrogens is 837 g/mol. The van der Waals surface area contributed by atoms with Crippen LogP contribution >= 0.6 is 0 Å². The van der Waals surface area contributed by atoms with Crippen molar-refractivity contribution in [3.05, 3.63) is 267 Å². The SMILES string of the molecule is c1ccc(-c2ccccc2-c2ccccc2-c2ccccc2-c2ccc(N(c3ccc(-n4c5ccccc5c5ccccc54)cc3)c3cccc(-c4cccc5c4oc4ccccc45)c3)cc2)cc1. The first-order chi connectivity index (χ1) is 34.2. The van der Waals surface area contributed by atoms with Gasteiger partial charge in [0.2, 0.25) is 0 Å². The van der Waals surface area contributed by atoms with Crippen LogP contribution in [0.15, 0.2) is 271 Å². The molecule has 3 heteroatoms. The van der Waals surface area contributed by atoms with Crippen LogP contribution < -0.4 is 4.90 Å². The zero-order valence-electron chi connectivity index (χ0n) is 37.7. The second-order valence-corrected chi connectivity index (χ2v) is 17.6. The van der Waals surface area contributed by atoms with Gasteiger partial charge in [-0.1, -0.05) is 200 Å². The minimum Gasteiger partial charge on any atom is -0.455 e.